The van der Waals surface area contributed by atoms with E-state index in [0.29, 0.717) is 13.0 Å². The Morgan fingerprint density at radius 2 is 2.28 bits per heavy atom. The summed E-state index contributed by atoms with van der Waals surface area (Å²) in [5.41, 5.74) is 1.01. The summed E-state index contributed by atoms with van der Waals surface area (Å²) < 4.78 is 0. The highest BCUT2D eigenvalue weighted by atomic mass is 32.1. The van der Waals surface area contributed by atoms with Crippen LogP contribution in [0.15, 0.2) is 16.8 Å². The van der Waals surface area contributed by atoms with Crippen LogP contribution < -0.4 is 0 Å². The number of aliphatic carboxylic acids is 1. The summed E-state index contributed by atoms with van der Waals surface area (Å²) in [6.45, 7) is 1.97. The quantitative estimate of drug-likeness (QED) is 0.857. The molecule has 1 atom stereocenters. The molecule has 0 radical (unpaired) electrons. The Labute approximate surface area is 110 Å². The first-order valence-corrected chi connectivity index (χ1v) is 7.05. The van der Waals surface area contributed by atoms with Gasteiger partial charge in [0.1, 0.15) is 0 Å². The zero-order chi connectivity index (χ0) is 13.1. The van der Waals surface area contributed by atoms with Gasteiger partial charge in [-0.3, -0.25) is 9.59 Å². The summed E-state index contributed by atoms with van der Waals surface area (Å²) in [5, 5.41) is 12.8. The fourth-order valence-corrected chi connectivity index (χ4v) is 2.55. The molecule has 0 spiro atoms. The van der Waals surface area contributed by atoms with Crippen molar-refractivity contribution >= 4 is 23.2 Å². The van der Waals surface area contributed by atoms with Crippen LogP contribution >= 0.6 is 11.3 Å². The van der Waals surface area contributed by atoms with Crippen LogP contribution in [0.1, 0.15) is 25.3 Å². The maximum Gasteiger partial charge on any atom is 0.308 e. The van der Waals surface area contributed by atoms with Gasteiger partial charge in [0.05, 0.1) is 12.3 Å². The van der Waals surface area contributed by atoms with Gasteiger partial charge in [-0.25, -0.2) is 0 Å². The third-order valence-corrected chi connectivity index (χ3v) is 3.87. The Balaban J connectivity index is 1.96. The largest absolute Gasteiger partial charge is 0.481 e. The van der Waals surface area contributed by atoms with Gasteiger partial charge < -0.3 is 10.0 Å². The first-order valence-electron chi connectivity index (χ1n) is 6.11. The lowest BCUT2D eigenvalue weighted by Gasteiger charge is -2.24. The van der Waals surface area contributed by atoms with Crippen molar-refractivity contribution in [3.8, 4) is 0 Å². The minimum Gasteiger partial charge on any atom is -0.481 e. The molecular weight excluding hydrogens is 250 g/mol. The Morgan fingerprint density at radius 1 is 1.56 bits per heavy atom. The number of amides is 1. The normalized spacial score (nSPS) is 16.3. The lowest BCUT2D eigenvalue weighted by molar-refractivity contribution is -0.143. The second-order valence-electron chi connectivity index (χ2n) is 4.82. The van der Waals surface area contributed by atoms with Crippen LogP contribution in [0.5, 0.6) is 0 Å². The number of carbonyl (C=O) groups excluding carboxylic acids is 1. The van der Waals surface area contributed by atoms with Gasteiger partial charge in [-0.2, -0.15) is 11.3 Å². The van der Waals surface area contributed by atoms with Crippen molar-refractivity contribution in [2.75, 3.05) is 6.54 Å². The molecule has 4 nitrogen and oxygen atoms in total. The highest BCUT2D eigenvalue weighted by Gasteiger charge is 2.34. The zero-order valence-corrected chi connectivity index (χ0v) is 11.2. The lowest BCUT2D eigenvalue weighted by atomic mass is 10.1. The third-order valence-electron chi connectivity index (χ3n) is 3.14. The summed E-state index contributed by atoms with van der Waals surface area (Å²) in [7, 11) is 0. The maximum atomic E-state index is 12.2. The number of thiophene rings is 1. The number of hydrogen-bond acceptors (Lipinski definition) is 3. The van der Waals surface area contributed by atoms with Gasteiger partial charge in [0.15, 0.2) is 0 Å². The molecule has 98 valence electrons. The molecular formula is C13H17NO3S. The fraction of sp³-hybridized carbons (Fsp3) is 0.538. The second kappa shape index (κ2) is 5.52. The van der Waals surface area contributed by atoms with Crippen molar-refractivity contribution in [1.29, 1.82) is 0 Å². The molecule has 0 bridgehead atoms. The van der Waals surface area contributed by atoms with Crippen LogP contribution in [0, 0.1) is 5.92 Å². The van der Waals surface area contributed by atoms with Crippen LogP contribution in [-0.4, -0.2) is 34.5 Å². The number of nitrogens with zero attached hydrogens (tertiary/aromatic N) is 1. The predicted octanol–water partition coefficient (Wildman–Crippen LogP) is 2.00. The summed E-state index contributed by atoms with van der Waals surface area (Å²) >= 11 is 1.57. The zero-order valence-electron chi connectivity index (χ0n) is 10.3. The monoisotopic (exact) mass is 267 g/mol. The summed E-state index contributed by atoms with van der Waals surface area (Å²) in [4.78, 5) is 24.8. The average molecular weight is 267 g/mol. The second-order valence-corrected chi connectivity index (χ2v) is 5.60. The van der Waals surface area contributed by atoms with Crippen molar-refractivity contribution in [3.05, 3.63) is 22.4 Å². The summed E-state index contributed by atoms with van der Waals surface area (Å²) in [6.07, 6.45) is 2.38. The van der Waals surface area contributed by atoms with E-state index in [4.69, 9.17) is 5.11 Å². The standard InChI is InChI=1S/C13H17NO3S/c1-9(13(16)17)7-14(11-2-3-11)12(15)6-10-4-5-18-8-10/h4-5,8-9,11H,2-3,6-7H2,1H3,(H,16,17). The molecule has 1 saturated carbocycles. The minimum atomic E-state index is -0.844. The van der Waals surface area contributed by atoms with E-state index in [1.165, 1.54) is 0 Å². The van der Waals surface area contributed by atoms with E-state index >= 15 is 0 Å². The van der Waals surface area contributed by atoms with Crippen molar-refractivity contribution in [3.63, 3.8) is 0 Å². The summed E-state index contributed by atoms with van der Waals surface area (Å²) in [5.74, 6) is -1.30. The molecule has 1 aliphatic rings. The highest BCUT2D eigenvalue weighted by Crippen LogP contribution is 2.28. The van der Waals surface area contributed by atoms with Crippen molar-refractivity contribution in [2.45, 2.75) is 32.2 Å². The first kappa shape index (κ1) is 13.1. The van der Waals surface area contributed by atoms with E-state index in [0.717, 1.165) is 18.4 Å². The van der Waals surface area contributed by atoms with Crippen molar-refractivity contribution < 1.29 is 14.7 Å². The Morgan fingerprint density at radius 3 is 2.78 bits per heavy atom. The minimum absolute atomic E-state index is 0.0454. The number of carboxylic acids is 1. The van der Waals surface area contributed by atoms with Crippen LogP contribution in [0.3, 0.4) is 0 Å². The first-order chi connectivity index (χ1) is 8.58. The Bertz CT molecular complexity index is 425. The van der Waals surface area contributed by atoms with Crippen LogP contribution in [-0.2, 0) is 16.0 Å². The molecule has 18 heavy (non-hydrogen) atoms. The topological polar surface area (TPSA) is 57.6 Å². The Hall–Kier alpha value is -1.36. The number of rotatable bonds is 6. The van der Waals surface area contributed by atoms with Gasteiger partial charge in [0.25, 0.3) is 0 Å². The van der Waals surface area contributed by atoms with Gasteiger partial charge in [-0.15, -0.1) is 0 Å². The third kappa shape index (κ3) is 3.32. The molecule has 0 saturated heterocycles. The molecule has 5 heteroatoms. The van der Waals surface area contributed by atoms with Gasteiger partial charge in [-0.05, 0) is 35.2 Å². The van der Waals surface area contributed by atoms with E-state index in [9.17, 15) is 9.59 Å². The van der Waals surface area contributed by atoms with Gasteiger partial charge >= 0.3 is 5.97 Å². The predicted molar refractivity (Wildman–Crippen MR) is 69.6 cm³/mol. The molecule has 1 aliphatic carbocycles. The van der Waals surface area contributed by atoms with Gasteiger partial charge in [0.2, 0.25) is 5.91 Å². The van der Waals surface area contributed by atoms with E-state index in [2.05, 4.69) is 0 Å². The van der Waals surface area contributed by atoms with Crippen LogP contribution in [0.2, 0.25) is 0 Å². The molecule has 1 aromatic heterocycles. The molecule has 1 unspecified atom stereocenters. The van der Waals surface area contributed by atoms with E-state index < -0.39 is 11.9 Å². The number of carboxylic acid groups (broad SMARTS) is 1. The smallest absolute Gasteiger partial charge is 0.308 e. The number of hydrogen-bond donors (Lipinski definition) is 1. The van der Waals surface area contributed by atoms with Crippen LogP contribution in [0.25, 0.3) is 0 Å². The lowest BCUT2D eigenvalue weighted by Crippen LogP contribution is -2.39. The maximum absolute atomic E-state index is 12.2. The van der Waals surface area contributed by atoms with E-state index in [-0.39, 0.29) is 11.9 Å². The molecule has 1 aromatic rings. The summed E-state index contributed by atoms with van der Waals surface area (Å²) in [6, 6.07) is 2.20. The van der Waals surface area contributed by atoms with E-state index in [1.807, 2.05) is 16.8 Å². The van der Waals surface area contributed by atoms with Crippen LogP contribution in [0.4, 0.5) is 0 Å². The fourth-order valence-electron chi connectivity index (χ4n) is 1.88. The molecule has 1 fully saturated rings. The molecule has 1 heterocycles. The number of carbonyl (C=O) groups is 2. The van der Waals surface area contributed by atoms with Gasteiger partial charge in [0, 0.05) is 12.6 Å². The molecule has 1 N–H and O–H groups in total. The average Bonchev–Trinajstić information content (AvgIpc) is 3.03. The van der Waals surface area contributed by atoms with Gasteiger partial charge in [-0.1, -0.05) is 6.92 Å². The van der Waals surface area contributed by atoms with E-state index in [1.54, 1.807) is 23.2 Å². The molecule has 0 aromatic carbocycles. The Kier molecular flexibility index (Phi) is 4.01. The molecule has 0 aliphatic heterocycles. The molecule has 2 rings (SSSR count). The SMILES string of the molecule is CC(CN(C(=O)Cc1ccsc1)C1CC1)C(=O)O. The molecule has 1 amide bonds. The van der Waals surface area contributed by atoms with Crippen molar-refractivity contribution in [1.82, 2.24) is 4.90 Å². The van der Waals surface area contributed by atoms with Crippen molar-refractivity contribution in [2.24, 2.45) is 5.92 Å². The highest BCUT2D eigenvalue weighted by molar-refractivity contribution is 7.07.